The predicted molar refractivity (Wildman–Crippen MR) is 73.6 cm³/mol. The molecule has 1 atom stereocenters. The summed E-state index contributed by atoms with van der Waals surface area (Å²) in [5, 5.41) is 0. The molecule has 0 amide bonds. The second-order valence-corrected chi connectivity index (χ2v) is 5.08. The Kier molecular flexibility index (Phi) is 2.51. The van der Waals surface area contributed by atoms with Gasteiger partial charge in [-0.05, 0) is 41.5 Å². The number of benzene rings is 1. The quantitative estimate of drug-likeness (QED) is 0.643. The van der Waals surface area contributed by atoms with Crippen molar-refractivity contribution in [2.45, 2.75) is 26.2 Å². The maximum absolute atomic E-state index is 4.22. The summed E-state index contributed by atoms with van der Waals surface area (Å²) in [4.78, 5) is 0. The van der Waals surface area contributed by atoms with Gasteiger partial charge in [0.1, 0.15) is 0 Å². The van der Waals surface area contributed by atoms with Gasteiger partial charge in [0.15, 0.2) is 0 Å². The number of allylic oxidation sites excluding steroid dienone is 5. The lowest BCUT2D eigenvalue weighted by atomic mass is 9.85. The van der Waals surface area contributed by atoms with Crippen molar-refractivity contribution in [2.24, 2.45) is 5.92 Å². The normalized spacial score (nSPS) is 23.7. The number of hydrogen-bond donors (Lipinski definition) is 0. The van der Waals surface area contributed by atoms with Crippen LogP contribution in [0.2, 0.25) is 0 Å². The van der Waals surface area contributed by atoms with E-state index >= 15 is 0 Å². The zero-order valence-electron chi connectivity index (χ0n) is 10.4. The molecule has 0 radical (unpaired) electrons. The summed E-state index contributed by atoms with van der Waals surface area (Å²) < 4.78 is 0. The molecule has 1 unspecified atom stereocenters. The Morgan fingerprint density at radius 3 is 2.59 bits per heavy atom. The summed E-state index contributed by atoms with van der Waals surface area (Å²) in [6, 6.07) is 10.7. The Labute approximate surface area is 103 Å². The van der Waals surface area contributed by atoms with Gasteiger partial charge in [0.25, 0.3) is 0 Å². The van der Waals surface area contributed by atoms with E-state index in [1.54, 1.807) is 5.57 Å². The highest BCUT2D eigenvalue weighted by Crippen LogP contribution is 2.45. The lowest BCUT2D eigenvalue weighted by molar-refractivity contribution is 0.712. The van der Waals surface area contributed by atoms with Crippen LogP contribution in [-0.2, 0) is 0 Å². The van der Waals surface area contributed by atoms with E-state index in [2.05, 4.69) is 49.9 Å². The van der Waals surface area contributed by atoms with Gasteiger partial charge in [0.05, 0.1) is 0 Å². The Morgan fingerprint density at radius 1 is 1.12 bits per heavy atom. The van der Waals surface area contributed by atoms with Gasteiger partial charge < -0.3 is 0 Å². The highest BCUT2D eigenvalue weighted by Gasteiger charge is 2.27. The molecule has 1 aromatic rings. The summed E-state index contributed by atoms with van der Waals surface area (Å²) in [6.45, 7) is 6.55. The molecule has 0 fully saturated rings. The molecular weight excluding hydrogens is 204 g/mol. The van der Waals surface area contributed by atoms with E-state index in [0.717, 1.165) is 0 Å². The summed E-state index contributed by atoms with van der Waals surface area (Å²) in [5.41, 5.74) is 7.23. The van der Waals surface area contributed by atoms with Crippen molar-refractivity contribution < 1.29 is 0 Å². The van der Waals surface area contributed by atoms with Crippen LogP contribution in [0.3, 0.4) is 0 Å². The van der Waals surface area contributed by atoms with Crippen LogP contribution in [0.15, 0.2) is 59.7 Å². The molecule has 0 bridgehead atoms. The van der Waals surface area contributed by atoms with Crippen LogP contribution in [0, 0.1) is 5.92 Å². The van der Waals surface area contributed by atoms with E-state index in [1.165, 1.54) is 41.5 Å². The Hall–Kier alpha value is -1.56. The van der Waals surface area contributed by atoms with E-state index in [-0.39, 0.29) is 0 Å². The van der Waals surface area contributed by atoms with Crippen LogP contribution < -0.4 is 0 Å². The molecule has 0 saturated carbocycles. The maximum atomic E-state index is 4.22. The standard InChI is InChI=1S/C17H18/c1-12-7-6-10-15-13(2)17(11-16(12)15)14-8-4-3-5-9-14/h3-5,8-9,11,13H,1,6-7,10H2,2H3. The number of hydrogen-bond acceptors (Lipinski definition) is 0. The van der Waals surface area contributed by atoms with E-state index in [9.17, 15) is 0 Å². The first kappa shape index (κ1) is 10.6. The third kappa shape index (κ3) is 1.68. The van der Waals surface area contributed by atoms with Crippen LogP contribution in [0.4, 0.5) is 0 Å². The summed E-state index contributed by atoms with van der Waals surface area (Å²) in [7, 11) is 0. The van der Waals surface area contributed by atoms with Gasteiger partial charge in [-0.2, -0.15) is 0 Å². The minimum atomic E-state index is 0.574. The van der Waals surface area contributed by atoms with Crippen molar-refractivity contribution in [1.82, 2.24) is 0 Å². The van der Waals surface area contributed by atoms with Gasteiger partial charge in [-0.15, -0.1) is 0 Å². The smallest absolute Gasteiger partial charge is 0.00350 e. The van der Waals surface area contributed by atoms with Gasteiger partial charge in [-0.3, -0.25) is 0 Å². The van der Waals surface area contributed by atoms with Crippen LogP contribution in [-0.4, -0.2) is 0 Å². The number of rotatable bonds is 1. The van der Waals surface area contributed by atoms with Gasteiger partial charge in [-0.1, -0.05) is 55.5 Å². The zero-order valence-corrected chi connectivity index (χ0v) is 10.4. The van der Waals surface area contributed by atoms with E-state index in [0.29, 0.717) is 5.92 Å². The molecule has 0 N–H and O–H groups in total. The zero-order chi connectivity index (χ0) is 11.8. The first-order chi connectivity index (χ1) is 8.27. The van der Waals surface area contributed by atoms with Crippen molar-refractivity contribution >= 4 is 5.57 Å². The molecule has 2 aliphatic carbocycles. The molecule has 0 heteroatoms. The molecule has 0 saturated heterocycles. The highest BCUT2D eigenvalue weighted by atomic mass is 14.3. The fraction of sp³-hybridized carbons (Fsp3) is 0.294. The Bertz CT molecular complexity index is 514. The largest absolute Gasteiger partial charge is 0.0952 e. The maximum Gasteiger partial charge on any atom is 0.00350 e. The third-order valence-electron chi connectivity index (χ3n) is 4.05. The SMILES string of the molecule is C=C1CCCC2=C1C=C(c1ccccc1)C2C. The molecule has 0 aromatic heterocycles. The van der Waals surface area contributed by atoms with Crippen LogP contribution in [0.25, 0.3) is 5.57 Å². The van der Waals surface area contributed by atoms with E-state index in [4.69, 9.17) is 0 Å². The molecule has 1 aromatic carbocycles. The second kappa shape index (κ2) is 4.03. The van der Waals surface area contributed by atoms with E-state index < -0.39 is 0 Å². The van der Waals surface area contributed by atoms with Crippen molar-refractivity contribution in [2.75, 3.05) is 0 Å². The van der Waals surface area contributed by atoms with Crippen LogP contribution in [0.5, 0.6) is 0 Å². The summed E-state index contributed by atoms with van der Waals surface area (Å²) in [6.07, 6.45) is 6.07. The van der Waals surface area contributed by atoms with Crippen molar-refractivity contribution in [3.05, 3.63) is 65.3 Å². The average Bonchev–Trinajstić information content (AvgIpc) is 2.70. The first-order valence-electron chi connectivity index (χ1n) is 6.45. The molecule has 0 nitrogen and oxygen atoms in total. The van der Waals surface area contributed by atoms with Crippen molar-refractivity contribution in [1.29, 1.82) is 0 Å². The summed E-state index contributed by atoms with van der Waals surface area (Å²) >= 11 is 0. The Balaban J connectivity index is 2.02. The minimum Gasteiger partial charge on any atom is -0.0952 e. The van der Waals surface area contributed by atoms with Crippen LogP contribution >= 0.6 is 0 Å². The van der Waals surface area contributed by atoms with Gasteiger partial charge in [0, 0.05) is 5.92 Å². The second-order valence-electron chi connectivity index (χ2n) is 5.08. The molecular formula is C17H18. The molecule has 3 rings (SSSR count). The molecule has 0 heterocycles. The topological polar surface area (TPSA) is 0 Å². The molecule has 17 heavy (non-hydrogen) atoms. The van der Waals surface area contributed by atoms with Gasteiger partial charge in [-0.25, -0.2) is 0 Å². The van der Waals surface area contributed by atoms with Crippen LogP contribution in [0.1, 0.15) is 31.7 Å². The predicted octanol–water partition coefficient (Wildman–Crippen LogP) is 4.76. The van der Waals surface area contributed by atoms with E-state index in [1.807, 2.05) is 0 Å². The molecule has 86 valence electrons. The molecule has 0 spiro atoms. The van der Waals surface area contributed by atoms with Crippen molar-refractivity contribution in [3.8, 4) is 0 Å². The monoisotopic (exact) mass is 222 g/mol. The third-order valence-corrected chi connectivity index (χ3v) is 4.05. The first-order valence-corrected chi connectivity index (χ1v) is 6.45. The molecule has 2 aliphatic rings. The Morgan fingerprint density at radius 2 is 1.88 bits per heavy atom. The fourth-order valence-corrected chi connectivity index (χ4v) is 3.07. The highest BCUT2D eigenvalue weighted by molar-refractivity contribution is 5.78. The average molecular weight is 222 g/mol. The summed E-state index contributed by atoms with van der Waals surface area (Å²) in [5.74, 6) is 0.574. The lowest BCUT2D eigenvalue weighted by Crippen LogP contribution is -2.03. The van der Waals surface area contributed by atoms with Gasteiger partial charge in [0.2, 0.25) is 0 Å². The van der Waals surface area contributed by atoms with Crippen molar-refractivity contribution in [3.63, 3.8) is 0 Å². The minimum absolute atomic E-state index is 0.574. The fourth-order valence-electron chi connectivity index (χ4n) is 3.07. The lowest BCUT2D eigenvalue weighted by Gasteiger charge is -2.20. The van der Waals surface area contributed by atoms with Gasteiger partial charge >= 0.3 is 0 Å². The molecule has 0 aliphatic heterocycles.